The maximum absolute atomic E-state index is 13.6. The Labute approximate surface area is 202 Å². The molecule has 2 aromatic carbocycles. The Morgan fingerprint density at radius 2 is 1.82 bits per heavy atom. The first-order valence-electron chi connectivity index (χ1n) is 11.4. The predicted octanol–water partition coefficient (Wildman–Crippen LogP) is 2.39. The van der Waals surface area contributed by atoms with Crippen molar-refractivity contribution in [3.8, 4) is 16.9 Å². The zero-order valence-corrected chi connectivity index (χ0v) is 21.5. The van der Waals surface area contributed by atoms with Gasteiger partial charge in [0.2, 0.25) is 10.0 Å². The van der Waals surface area contributed by atoms with Crippen LogP contribution < -0.4 is 4.74 Å². The van der Waals surface area contributed by atoms with E-state index in [0.29, 0.717) is 12.1 Å². The lowest BCUT2D eigenvalue weighted by atomic mass is 10.0. The van der Waals surface area contributed by atoms with Gasteiger partial charge in [0.25, 0.3) is 5.91 Å². The zero-order chi connectivity index (χ0) is 25.2. The second kappa shape index (κ2) is 10.4. The lowest BCUT2D eigenvalue weighted by molar-refractivity contribution is 0.0812. The van der Waals surface area contributed by atoms with Crippen LogP contribution in [0.1, 0.15) is 24.2 Å². The summed E-state index contributed by atoms with van der Waals surface area (Å²) in [5.74, 6) is 0.0554. The van der Waals surface area contributed by atoms with Gasteiger partial charge in [0.15, 0.2) is 0 Å². The van der Waals surface area contributed by atoms with Gasteiger partial charge < -0.3 is 19.6 Å². The van der Waals surface area contributed by atoms with Crippen LogP contribution in [0, 0.1) is 5.92 Å². The van der Waals surface area contributed by atoms with Gasteiger partial charge in [-0.05, 0) is 56.4 Å². The number of rotatable bonds is 6. The second-order valence-corrected chi connectivity index (χ2v) is 11.3. The highest BCUT2D eigenvalue weighted by molar-refractivity contribution is 7.89. The largest absolute Gasteiger partial charge is 0.487 e. The average molecular weight is 490 g/mol. The summed E-state index contributed by atoms with van der Waals surface area (Å²) in [6.07, 6.45) is -0.255. The number of likely N-dealkylation sites (N-methyl/N-ethyl adjacent to an activating group) is 1. The molecule has 0 aromatic heterocycles. The third kappa shape index (κ3) is 5.43. The van der Waals surface area contributed by atoms with Crippen molar-refractivity contribution in [2.75, 3.05) is 47.9 Å². The summed E-state index contributed by atoms with van der Waals surface area (Å²) in [4.78, 5) is 16.0. The number of carbonyl (C=O) groups excluding carboxylic acids is 1. The minimum absolute atomic E-state index is 0.0766. The number of aliphatic hydroxyl groups is 1. The van der Waals surface area contributed by atoms with Crippen LogP contribution in [0.2, 0.25) is 0 Å². The first kappa shape index (κ1) is 26.2. The van der Waals surface area contributed by atoms with E-state index in [-0.39, 0.29) is 41.7 Å². The van der Waals surface area contributed by atoms with Gasteiger partial charge in [-0.3, -0.25) is 4.79 Å². The average Bonchev–Trinajstić information content (AvgIpc) is 2.79. The molecule has 34 heavy (non-hydrogen) atoms. The molecular weight excluding hydrogens is 454 g/mol. The van der Waals surface area contributed by atoms with E-state index in [0.717, 1.165) is 11.1 Å². The van der Waals surface area contributed by atoms with Crippen molar-refractivity contribution < 1.29 is 23.1 Å². The van der Waals surface area contributed by atoms with Crippen LogP contribution >= 0.6 is 0 Å². The Morgan fingerprint density at radius 1 is 1.15 bits per heavy atom. The van der Waals surface area contributed by atoms with Gasteiger partial charge in [-0.2, -0.15) is 4.31 Å². The number of ether oxygens (including phenoxy) is 1. The molecule has 1 N–H and O–H groups in total. The molecule has 9 heteroatoms. The summed E-state index contributed by atoms with van der Waals surface area (Å²) in [6, 6.07) is 11.7. The Bertz CT molecular complexity index is 1130. The molecule has 8 nitrogen and oxygen atoms in total. The molecule has 0 bridgehead atoms. The highest BCUT2D eigenvalue weighted by Gasteiger charge is 2.38. The zero-order valence-electron chi connectivity index (χ0n) is 20.7. The molecule has 186 valence electrons. The minimum atomic E-state index is -3.90. The third-order valence-corrected chi connectivity index (χ3v) is 8.08. The Morgan fingerprint density at radius 3 is 2.44 bits per heavy atom. The summed E-state index contributed by atoms with van der Waals surface area (Å²) in [5.41, 5.74) is 2.09. The number of sulfonamides is 1. The summed E-state index contributed by atoms with van der Waals surface area (Å²) >= 11 is 0. The molecular formula is C25H35N3O5S. The van der Waals surface area contributed by atoms with E-state index in [1.165, 1.54) is 9.21 Å². The summed E-state index contributed by atoms with van der Waals surface area (Å²) < 4.78 is 34.9. The fraction of sp³-hybridized carbons (Fsp3) is 0.480. The van der Waals surface area contributed by atoms with Crippen molar-refractivity contribution in [1.29, 1.82) is 0 Å². The molecule has 0 spiro atoms. The van der Waals surface area contributed by atoms with Crippen molar-refractivity contribution in [2.45, 2.75) is 30.9 Å². The maximum atomic E-state index is 13.6. The number of benzene rings is 2. The van der Waals surface area contributed by atoms with Crippen LogP contribution in [0.25, 0.3) is 11.1 Å². The molecule has 0 saturated heterocycles. The lowest BCUT2D eigenvalue weighted by Crippen LogP contribution is -2.49. The highest BCUT2D eigenvalue weighted by Crippen LogP contribution is 2.36. The van der Waals surface area contributed by atoms with Crippen molar-refractivity contribution in [3.63, 3.8) is 0 Å². The Balaban J connectivity index is 2.14. The van der Waals surface area contributed by atoms with Crippen LogP contribution in [0.3, 0.4) is 0 Å². The lowest BCUT2D eigenvalue weighted by Gasteiger charge is -2.37. The SMILES string of the molecule is C[C@H](CO)N1C[C@H](C)[C@H](CN(C)C)Oc2cc(-c3cccc(C(=O)N(C)C)c3)ccc2S1(=O)=O. The molecule has 2 aromatic rings. The first-order valence-corrected chi connectivity index (χ1v) is 12.8. The normalized spacial score (nSPS) is 21.2. The molecule has 1 aliphatic heterocycles. The van der Waals surface area contributed by atoms with Crippen LogP contribution in [0.5, 0.6) is 5.75 Å². The van der Waals surface area contributed by atoms with E-state index in [9.17, 15) is 18.3 Å². The molecule has 0 saturated carbocycles. The van der Waals surface area contributed by atoms with E-state index in [1.54, 1.807) is 51.4 Å². The number of amides is 1. The standard InChI is InChI=1S/C25H35N3O5S/c1-17-14-28(18(2)16-29)34(31,32)24-11-10-20(13-22(24)33-23(17)15-26(3)4)19-8-7-9-21(12-19)25(30)27(5)6/h7-13,17-18,23,29H,14-16H2,1-6H3/t17-,18+,23-/m0/s1. The fourth-order valence-corrected chi connectivity index (χ4v) is 5.90. The van der Waals surface area contributed by atoms with Gasteiger partial charge >= 0.3 is 0 Å². The summed E-state index contributed by atoms with van der Waals surface area (Å²) in [5, 5.41) is 9.75. The molecule has 0 fully saturated rings. The first-order chi connectivity index (χ1) is 15.9. The number of fused-ring (bicyclic) bond motifs is 1. The minimum Gasteiger partial charge on any atom is -0.487 e. The molecule has 0 aliphatic carbocycles. The summed E-state index contributed by atoms with van der Waals surface area (Å²) in [7, 11) is 3.40. The van der Waals surface area contributed by atoms with Gasteiger partial charge in [0.05, 0.1) is 6.61 Å². The highest BCUT2D eigenvalue weighted by atomic mass is 32.2. The molecule has 0 unspecified atom stereocenters. The van der Waals surface area contributed by atoms with Crippen molar-refractivity contribution in [3.05, 3.63) is 48.0 Å². The van der Waals surface area contributed by atoms with Gasteiger partial charge in [-0.25, -0.2) is 8.42 Å². The number of hydrogen-bond donors (Lipinski definition) is 1. The molecule has 1 aliphatic rings. The van der Waals surface area contributed by atoms with Gasteiger partial charge in [0.1, 0.15) is 16.7 Å². The number of nitrogens with zero attached hydrogens (tertiary/aromatic N) is 3. The van der Waals surface area contributed by atoms with Gasteiger partial charge in [-0.1, -0.05) is 25.1 Å². The van der Waals surface area contributed by atoms with Crippen molar-refractivity contribution in [2.24, 2.45) is 5.92 Å². The molecule has 0 radical (unpaired) electrons. The van der Waals surface area contributed by atoms with E-state index in [4.69, 9.17) is 4.74 Å². The third-order valence-electron chi connectivity index (χ3n) is 6.06. The van der Waals surface area contributed by atoms with Crippen LogP contribution in [-0.4, -0.2) is 93.6 Å². The number of aliphatic hydroxyl groups excluding tert-OH is 1. The van der Waals surface area contributed by atoms with Gasteiger partial charge in [-0.15, -0.1) is 0 Å². The van der Waals surface area contributed by atoms with Gasteiger partial charge in [0, 0.05) is 44.7 Å². The predicted molar refractivity (Wildman–Crippen MR) is 132 cm³/mol. The van der Waals surface area contributed by atoms with Crippen LogP contribution in [0.4, 0.5) is 0 Å². The van der Waals surface area contributed by atoms with Crippen molar-refractivity contribution >= 4 is 15.9 Å². The van der Waals surface area contributed by atoms with Crippen molar-refractivity contribution in [1.82, 2.24) is 14.1 Å². The van der Waals surface area contributed by atoms with E-state index in [1.807, 2.05) is 38.1 Å². The quantitative estimate of drug-likeness (QED) is 0.670. The summed E-state index contributed by atoms with van der Waals surface area (Å²) in [6.45, 7) is 4.25. The van der Waals surface area contributed by atoms with E-state index < -0.39 is 16.1 Å². The Kier molecular flexibility index (Phi) is 8.02. The van der Waals surface area contributed by atoms with Crippen LogP contribution in [0.15, 0.2) is 47.4 Å². The monoisotopic (exact) mass is 489 g/mol. The molecule has 3 atom stereocenters. The molecule has 1 amide bonds. The number of carbonyl (C=O) groups is 1. The topological polar surface area (TPSA) is 90.4 Å². The maximum Gasteiger partial charge on any atom is 0.253 e. The second-order valence-electron chi connectivity index (χ2n) is 9.44. The van der Waals surface area contributed by atoms with E-state index in [2.05, 4.69) is 0 Å². The molecule has 3 rings (SSSR count). The number of hydrogen-bond acceptors (Lipinski definition) is 6. The smallest absolute Gasteiger partial charge is 0.253 e. The fourth-order valence-electron chi connectivity index (χ4n) is 4.07. The Hall–Kier alpha value is -2.46. The molecule has 1 heterocycles. The van der Waals surface area contributed by atoms with E-state index >= 15 is 0 Å². The van der Waals surface area contributed by atoms with Crippen LogP contribution in [-0.2, 0) is 10.0 Å².